The first-order valence-corrected chi connectivity index (χ1v) is 11.0. The molecule has 1 N–H and O–H groups in total. The van der Waals surface area contributed by atoms with Gasteiger partial charge in [0.1, 0.15) is 0 Å². The van der Waals surface area contributed by atoms with Gasteiger partial charge in [0.15, 0.2) is 11.5 Å². The Morgan fingerprint density at radius 1 is 0.857 bits per heavy atom. The first-order chi connectivity index (χ1) is 17.0. The van der Waals surface area contributed by atoms with E-state index in [1.54, 1.807) is 45.6 Å². The molecule has 3 aromatic carbocycles. The molecule has 0 spiro atoms. The maximum absolute atomic E-state index is 12.6. The normalized spacial score (nSPS) is 10.9. The molecule has 1 aromatic heterocycles. The van der Waals surface area contributed by atoms with E-state index >= 15 is 0 Å². The SMILES string of the molecule is COc1cc(/C=N/NC(=O)c2ccc(-n3c(C)ccc3-c3ccccc3)cc2)cc(OC)c1OC. The summed E-state index contributed by atoms with van der Waals surface area (Å²) in [6.07, 6.45) is 1.52. The zero-order chi connectivity index (χ0) is 24.8. The molecule has 0 fully saturated rings. The molecule has 178 valence electrons. The van der Waals surface area contributed by atoms with Crippen molar-refractivity contribution >= 4 is 12.1 Å². The third kappa shape index (κ3) is 5.04. The fraction of sp³-hybridized carbons (Fsp3) is 0.143. The number of rotatable bonds is 8. The molecular weight excluding hydrogens is 442 g/mol. The molecule has 4 aromatic rings. The number of carbonyl (C=O) groups excluding carboxylic acids is 1. The van der Waals surface area contributed by atoms with Crippen LogP contribution in [-0.4, -0.2) is 38.0 Å². The van der Waals surface area contributed by atoms with Gasteiger partial charge in [-0.05, 0) is 61.0 Å². The zero-order valence-electron chi connectivity index (χ0n) is 20.1. The highest BCUT2D eigenvalue weighted by atomic mass is 16.5. The average molecular weight is 470 g/mol. The van der Waals surface area contributed by atoms with Crippen LogP contribution in [0.5, 0.6) is 17.2 Å². The summed E-state index contributed by atoms with van der Waals surface area (Å²) < 4.78 is 18.2. The van der Waals surface area contributed by atoms with Crippen molar-refractivity contribution < 1.29 is 19.0 Å². The van der Waals surface area contributed by atoms with Crippen LogP contribution in [0.1, 0.15) is 21.6 Å². The Hall–Kier alpha value is -4.52. The van der Waals surface area contributed by atoms with Gasteiger partial charge in [-0.3, -0.25) is 4.79 Å². The first-order valence-electron chi connectivity index (χ1n) is 11.0. The van der Waals surface area contributed by atoms with Crippen LogP contribution in [0.3, 0.4) is 0 Å². The number of hydrazone groups is 1. The van der Waals surface area contributed by atoms with Crippen molar-refractivity contribution in [3.63, 3.8) is 0 Å². The van der Waals surface area contributed by atoms with Crippen LogP contribution in [0.4, 0.5) is 0 Å². The molecule has 4 rings (SSSR count). The average Bonchev–Trinajstić information content (AvgIpc) is 3.29. The third-order valence-corrected chi connectivity index (χ3v) is 5.60. The molecule has 0 aliphatic heterocycles. The Morgan fingerprint density at radius 3 is 2.11 bits per heavy atom. The standard InChI is InChI=1S/C28H27N3O4/c1-19-10-15-24(21-8-6-5-7-9-21)31(19)23-13-11-22(12-14-23)28(32)30-29-18-20-16-25(33-2)27(35-4)26(17-20)34-3/h5-18H,1-4H3,(H,30,32)/b29-18+. The van der Waals surface area contributed by atoms with E-state index in [1.807, 2.05) is 30.3 Å². The lowest BCUT2D eigenvalue weighted by Gasteiger charge is -2.13. The van der Waals surface area contributed by atoms with Crippen molar-refractivity contribution in [1.82, 2.24) is 9.99 Å². The van der Waals surface area contributed by atoms with Gasteiger partial charge < -0.3 is 18.8 Å². The second-order valence-electron chi connectivity index (χ2n) is 7.77. The summed E-state index contributed by atoms with van der Waals surface area (Å²) in [4.78, 5) is 12.6. The minimum absolute atomic E-state index is 0.312. The molecule has 1 amide bonds. The van der Waals surface area contributed by atoms with Crippen LogP contribution >= 0.6 is 0 Å². The lowest BCUT2D eigenvalue weighted by Crippen LogP contribution is -2.17. The molecule has 0 bridgehead atoms. The fourth-order valence-corrected chi connectivity index (χ4v) is 3.88. The zero-order valence-corrected chi connectivity index (χ0v) is 20.1. The van der Waals surface area contributed by atoms with Crippen molar-refractivity contribution in [2.75, 3.05) is 21.3 Å². The summed E-state index contributed by atoms with van der Waals surface area (Å²) in [6, 6.07) is 25.3. The number of methoxy groups -OCH3 is 3. The highest BCUT2D eigenvalue weighted by Crippen LogP contribution is 2.37. The number of ether oxygens (including phenoxy) is 3. The summed E-state index contributed by atoms with van der Waals surface area (Å²) in [7, 11) is 4.63. The van der Waals surface area contributed by atoms with E-state index in [1.165, 1.54) is 6.21 Å². The van der Waals surface area contributed by atoms with E-state index in [4.69, 9.17) is 14.2 Å². The van der Waals surface area contributed by atoms with Crippen LogP contribution < -0.4 is 19.6 Å². The predicted molar refractivity (Wildman–Crippen MR) is 137 cm³/mol. The summed E-state index contributed by atoms with van der Waals surface area (Å²) in [5.74, 6) is 1.19. The van der Waals surface area contributed by atoms with Gasteiger partial charge in [-0.25, -0.2) is 5.43 Å². The van der Waals surface area contributed by atoms with Crippen molar-refractivity contribution in [3.05, 3.63) is 95.7 Å². The van der Waals surface area contributed by atoms with Gasteiger partial charge in [-0.1, -0.05) is 30.3 Å². The largest absolute Gasteiger partial charge is 0.493 e. The van der Waals surface area contributed by atoms with Gasteiger partial charge in [0.25, 0.3) is 5.91 Å². The van der Waals surface area contributed by atoms with Gasteiger partial charge in [-0.2, -0.15) is 5.10 Å². The molecule has 7 nitrogen and oxygen atoms in total. The molecule has 0 saturated carbocycles. The third-order valence-electron chi connectivity index (χ3n) is 5.60. The Labute approximate surface area is 204 Å². The van der Waals surface area contributed by atoms with Crippen LogP contribution in [0.2, 0.25) is 0 Å². The summed E-state index contributed by atoms with van der Waals surface area (Å²) >= 11 is 0. The Balaban J connectivity index is 1.50. The lowest BCUT2D eigenvalue weighted by atomic mass is 10.1. The molecule has 0 aliphatic carbocycles. The Morgan fingerprint density at radius 2 is 1.51 bits per heavy atom. The van der Waals surface area contributed by atoms with Crippen LogP contribution in [0.15, 0.2) is 84.0 Å². The first kappa shape index (κ1) is 23.6. The van der Waals surface area contributed by atoms with E-state index in [0.717, 1.165) is 22.6 Å². The van der Waals surface area contributed by atoms with Gasteiger partial charge in [0.05, 0.1) is 33.2 Å². The minimum atomic E-state index is -0.312. The van der Waals surface area contributed by atoms with Gasteiger partial charge in [0.2, 0.25) is 5.75 Å². The predicted octanol–water partition coefficient (Wildman–Crippen LogP) is 5.24. The Bertz CT molecular complexity index is 1320. The highest BCUT2D eigenvalue weighted by molar-refractivity contribution is 5.95. The topological polar surface area (TPSA) is 74.1 Å². The van der Waals surface area contributed by atoms with E-state index < -0.39 is 0 Å². The molecule has 0 radical (unpaired) electrons. The van der Waals surface area contributed by atoms with Crippen LogP contribution in [0, 0.1) is 6.92 Å². The second kappa shape index (κ2) is 10.6. The van der Waals surface area contributed by atoms with Gasteiger partial charge in [0, 0.05) is 22.5 Å². The number of benzene rings is 3. The number of nitrogens with one attached hydrogen (secondary N) is 1. The highest BCUT2D eigenvalue weighted by Gasteiger charge is 2.13. The Kier molecular flexibility index (Phi) is 7.16. The number of hydrogen-bond donors (Lipinski definition) is 1. The van der Waals surface area contributed by atoms with Crippen molar-refractivity contribution in [1.29, 1.82) is 0 Å². The maximum Gasteiger partial charge on any atom is 0.271 e. The molecule has 7 heteroatoms. The van der Waals surface area contributed by atoms with Crippen molar-refractivity contribution in [2.24, 2.45) is 5.10 Å². The number of nitrogens with zero attached hydrogens (tertiary/aromatic N) is 2. The molecule has 0 aliphatic rings. The number of amides is 1. The molecule has 1 heterocycles. The second-order valence-corrected chi connectivity index (χ2v) is 7.77. The maximum atomic E-state index is 12.6. The van der Waals surface area contributed by atoms with E-state index in [-0.39, 0.29) is 5.91 Å². The van der Waals surface area contributed by atoms with E-state index in [0.29, 0.717) is 28.4 Å². The summed E-state index contributed by atoms with van der Waals surface area (Å²) in [5, 5.41) is 4.08. The fourth-order valence-electron chi connectivity index (χ4n) is 3.88. The number of aromatic nitrogens is 1. The molecule has 35 heavy (non-hydrogen) atoms. The van der Waals surface area contributed by atoms with E-state index in [2.05, 4.69) is 46.3 Å². The quantitative estimate of drug-likeness (QED) is 0.283. The molecule has 0 unspecified atom stereocenters. The van der Waals surface area contributed by atoms with Crippen LogP contribution in [-0.2, 0) is 0 Å². The minimum Gasteiger partial charge on any atom is -0.493 e. The van der Waals surface area contributed by atoms with Crippen molar-refractivity contribution in [2.45, 2.75) is 6.92 Å². The van der Waals surface area contributed by atoms with Crippen molar-refractivity contribution in [3.8, 4) is 34.2 Å². The number of carbonyl (C=O) groups is 1. The summed E-state index contributed by atoms with van der Waals surface area (Å²) in [5.41, 5.74) is 8.06. The smallest absolute Gasteiger partial charge is 0.271 e. The lowest BCUT2D eigenvalue weighted by molar-refractivity contribution is 0.0955. The molecule has 0 saturated heterocycles. The van der Waals surface area contributed by atoms with Gasteiger partial charge in [-0.15, -0.1) is 0 Å². The molecule has 0 atom stereocenters. The summed E-state index contributed by atoms with van der Waals surface area (Å²) in [6.45, 7) is 2.06. The van der Waals surface area contributed by atoms with Crippen LogP contribution in [0.25, 0.3) is 16.9 Å². The molecular formula is C28H27N3O4. The number of aryl methyl sites for hydroxylation is 1. The van der Waals surface area contributed by atoms with Gasteiger partial charge >= 0.3 is 0 Å². The van der Waals surface area contributed by atoms with E-state index in [9.17, 15) is 4.79 Å². The number of hydrogen-bond acceptors (Lipinski definition) is 5. The monoisotopic (exact) mass is 469 g/mol.